The fourth-order valence-electron chi connectivity index (χ4n) is 5.03. The van der Waals surface area contributed by atoms with Gasteiger partial charge in [0, 0.05) is 24.8 Å². The molecular weight excluding hydrogens is 482 g/mol. The van der Waals surface area contributed by atoms with Crippen molar-refractivity contribution in [3.63, 3.8) is 0 Å². The summed E-state index contributed by atoms with van der Waals surface area (Å²) in [6, 6.07) is 10.2. The minimum Gasteiger partial charge on any atom is -0.354 e. The summed E-state index contributed by atoms with van der Waals surface area (Å²) in [7, 11) is -1.22. The Hall–Kier alpha value is -2.36. The second-order valence-electron chi connectivity index (χ2n) is 10.2. The Kier molecular flexibility index (Phi) is 10.9. The molecule has 4 rings (SSSR count). The number of aromatic nitrogens is 4. The summed E-state index contributed by atoms with van der Waals surface area (Å²) in [5.41, 5.74) is 1.81. The summed E-state index contributed by atoms with van der Waals surface area (Å²) in [6.07, 6.45) is 12.2. The number of piperidine rings is 1. The van der Waals surface area contributed by atoms with Gasteiger partial charge in [0.25, 0.3) is 0 Å². The van der Waals surface area contributed by atoms with Crippen LogP contribution in [0.4, 0.5) is 5.95 Å². The van der Waals surface area contributed by atoms with Gasteiger partial charge in [0.2, 0.25) is 5.95 Å². The number of hydrogen-bond donors (Lipinski definition) is 3. The van der Waals surface area contributed by atoms with Gasteiger partial charge in [-0.3, -0.25) is 0 Å². The van der Waals surface area contributed by atoms with Gasteiger partial charge in [-0.05, 0) is 76.2 Å². The molecule has 1 aliphatic carbocycles. The molecule has 37 heavy (non-hydrogen) atoms. The third-order valence-electron chi connectivity index (χ3n) is 7.30. The van der Waals surface area contributed by atoms with Crippen LogP contribution in [-0.2, 0) is 11.0 Å². The molecule has 1 aliphatic heterocycles. The molecule has 2 aliphatic rings. The highest BCUT2D eigenvalue weighted by molar-refractivity contribution is 7.83. The maximum atomic E-state index is 12.9. The standard InChI is InChI=1S/C28H43N7OS/c1-3-4-17-30-28-31-20-16-27(34-35(22(2)33-28)25-8-6-5-7-9-25)24-10-12-26(13-11-24)37(36)32-21-23-14-18-29-19-15-23/h10-13,16,20,23,25,29,32H,3-9,14-15,17-19,21H2,1-2H3,(H,30,31). The molecule has 1 aromatic carbocycles. The molecule has 0 spiro atoms. The van der Waals surface area contributed by atoms with Crippen LogP contribution in [-0.4, -0.2) is 50.1 Å². The molecule has 0 amide bonds. The Bertz CT molecular complexity index is 1060. The van der Waals surface area contributed by atoms with Crippen molar-refractivity contribution in [2.24, 2.45) is 5.92 Å². The van der Waals surface area contributed by atoms with E-state index in [9.17, 15) is 4.21 Å². The summed E-state index contributed by atoms with van der Waals surface area (Å²) in [6.45, 7) is 7.93. The molecule has 8 nitrogen and oxygen atoms in total. The van der Waals surface area contributed by atoms with E-state index >= 15 is 0 Å². The number of unbranched alkanes of at least 4 members (excludes halogenated alkanes) is 1. The normalized spacial score (nSPS) is 17.8. The third-order valence-corrected chi connectivity index (χ3v) is 8.43. The molecule has 1 saturated carbocycles. The van der Waals surface area contributed by atoms with E-state index in [4.69, 9.17) is 10.1 Å². The molecule has 1 saturated heterocycles. The van der Waals surface area contributed by atoms with E-state index in [1.54, 1.807) is 6.20 Å². The highest BCUT2D eigenvalue weighted by Crippen LogP contribution is 2.28. The molecule has 1 unspecified atom stereocenters. The number of benzene rings is 1. The van der Waals surface area contributed by atoms with Gasteiger partial charge in [-0.2, -0.15) is 10.1 Å². The van der Waals surface area contributed by atoms with Crippen LogP contribution in [0.15, 0.2) is 41.4 Å². The Labute approximate surface area is 224 Å². The molecule has 202 valence electrons. The van der Waals surface area contributed by atoms with Gasteiger partial charge in [-0.25, -0.2) is 18.6 Å². The zero-order valence-electron chi connectivity index (χ0n) is 22.4. The average molecular weight is 526 g/mol. The van der Waals surface area contributed by atoms with Crippen LogP contribution in [0.1, 0.15) is 76.6 Å². The molecule has 2 heterocycles. The lowest BCUT2D eigenvalue weighted by atomic mass is 9.95. The predicted octanol–water partition coefficient (Wildman–Crippen LogP) is 5.10. The summed E-state index contributed by atoms with van der Waals surface area (Å²) in [5.74, 6) is 2.07. The quantitative estimate of drug-likeness (QED) is 0.374. The predicted molar refractivity (Wildman–Crippen MR) is 151 cm³/mol. The number of nitrogens with one attached hydrogen (secondary N) is 3. The van der Waals surface area contributed by atoms with Crippen molar-refractivity contribution in [3.05, 3.63) is 42.4 Å². The van der Waals surface area contributed by atoms with Crippen LogP contribution in [0.5, 0.6) is 0 Å². The second-order valence-corrected chi connectivity index (χ2v) is 11.5. The first kappa shape index (κ1) is 27.7. The van der Waals surface area contributed by atoms with Crippen molar-refractivity contribution in [3.8, 4) is 11.3 Å². The van der Waals surface area contributed by atoms with Gasteiger partial charge in [-0.15, -0.1) is 0 Å². The summed E-state index contributed by atoms with van der Waals surface area (Å²) in [5, 5.41) is 11.9. The first-order valence-electron chi connectivity index (χ1n) is 14.0. The Balaban J connectivity index is 1.58. The topological polar surface area (TPSA) is 96.8 Å². The first-order valence-corrected chi connectivity index (χ1v) is 15.2. The zero-order chi connectivity index (χ0) is 25.9. The minimum absolute atomic E-state index is 0.335. The second kappa shape index (κ2) is 14.5. The van der Waals surface area contributed by atoms with Gasteiger partial charge in [0.05, 0.1) is 16.6 Å². The van der Waals surface area contributed by atoms with E-state index in [1.165, 1.54) is 19.3 Å². The first-order chi connectivity index (χ1) is 18.1. The van der Waals surface area contributed by atoms with Crippen LogP contribution in [0.2, 0.25) is 0 Å². The molecule has 3 N–H and O–H groups in total. The minimum atomic E-state index is -1.22. The molecular formula is C28H43N7OS. The summed E-state index contributed by atoms with van der Waals surface area (Å²) in [4.78, 5) is 10.2. The van der Waals surface area contributed by atoms with Gasteiger partial charge < -0.3 is 10.6 Å². The molecule has 9 heteroatoms. The van der Waals surface area contributed by atoms with Crippen LogP contribution in [0.3, 0.4) is 0 Å². The van der Waals surface area contributed by atoms with Crippen molar-refractivity contribution in [2.75, 3.05) is 31.5 Å². The van der Waals surface area contributed by atoms with Gasteiger partial charge in [0.15, 0.2) is 0 Å². The number of aryl methyl sites for hydroxylation is 1. The lowest BCUT2D eigenvalue weighted by Crippen LogP contribution is -2.34. The van der Waals surface area contributed by atoms with E-state index in [2.05, 4.69) is 31.9 Å². The highest BCUT2D eigenvalue weighted by Gasteiger charge is 2.18. The third kappa shape index (κ3) is 8.32. The monoisotopic (exact) mass is 525 g/mol. The molecule has 0 bridgehead atoms. The lowest BCUT2D eigenvalue weighted by molar-refractivity contribution is 0.318. The van der Waals surface area contributed by atoms with Gasteiger partial charge >= 0.3 is 0 Å². The smallest absolute Gasteiger partial charge is 0.224 e. The number of nitrogens with zero attached hydrogens (tertiary/aromatic N) is 4. The van der Waals surface area contributed by atoms with Crippen LogP contribution in [0.25, 0.3) is 11.3 Å². The van der Waals surface area contributed by atoms with Gasteiger partial charge in [0.1, 0.15) is 16.8 Å². The fourth-order valence-corrected chi connectivity index (χ4v) is 5.97. The van der Waals surface area contributed by atoms with Crippen LogP contribution in [0, 0.1) is 12.8 Å². The van der Waals surface area contributed by atoms with E-state index in [-0.39, 0.29) is 0 Å². The van der Waals surface area contributed by atoms with E-state index < -0.39 is 11.0 Å². The Morgan fingerprint density at radius 3 is 2.54 bits per heavy atom. The zero-order valence-corrected chi connectivity index (χ0v) is 23.2. The number of hydrogen-bond acceptors (Lipinski definition) is 6. The maximum absolute atomic E-state index is 12.9. The molecule has 2 aromatic rings. The SMILES string of the molecule is CCCCNc1nccc(-c2ccc(S(=O)NCC3CCNCC3)cc2)nn(C2CCCCC2)c(C)n1. The molecule has 2 fully saturated rings. The van der Waals surface area contributed by atoms with E-state index in [1.807, 2.05) is 37.3 Å². The lowest BCUT2D eigenvalue weighted by Gasteiger charge is -2.24. The number of anilines is 1. The van der Waals surface area contributed by atoms with Crippen molar-refractivity contribution in [2.45, 2.75) is 82.6 Å². The van der Waals surface area contributed by atoms with E-state index in [0.29, 0.717) is 17.9 Å². The Morgan fingerprint density at radius 2 is 1.81 bits per heavy atom. The molecule has 1 aromatic heterocycles. The average Bonchev–Trinajstić information content (AvgIpc) is 3.02. The molecule has 1 atom stereocenters. The van der Waals surface area contributed by atoms with Crippen molar-refractivity contribution >= 4 is 16.9 Å². The summed E-state index contributed by atoms with van der Waals surface area (Å²) < 4.78 is 18.2. The highest BCUT2D eigenvalue weighted by atomic mass is 32.2. The van der Waals surface area contributed by atoms with Crippen molar-refractivity contribution in [1.29, 1.82) is 0 Å². The maximum Gasteiger partial charge on any atom is 0.224 e. The van der Waals surface area contributed by atoms with Crippen molar-refractivity contribution in [1.82, 2.24) is 29.8 Å². The fraction of sp³-hybridized carbons (Fsp3) is 0.607. The van der Waals surface area contributed by atoms with Gasteiger partial charge in [-0.1, -0.05) is 44.7 Å². The summed E-state index contributed by atoms with van der Waals surface area (Å²) >= 11 is 0. The van der Waals surface area contributed by atoms with Crippen LogP contribution >= 0.6 is 0 Å². The van der Waals surface area contributed by atoms with Crippen LogP contribution < -0.4 is 15.4 Å². The number of rotatable bonds is 10. The largest absolute Gasteiger partial charge is 0.354 e. The molecule has 0 radical (unpaired) electrons. The Morgan fingerprint density at radius 1 is 1.05 bits per heavy atom. The van der Waals surface area contributed by atoms with Crippen molar-refractivity contribution < 1.29 is 4.21 Å². The van der Waals surface area contributed by atoms with E-state index in [0.717, 1.165) is 86.7 Å².